The Bertz CT molecular complexity index is 965. The molecule has 0 bridgehead atoms. The van der Waals surface area contributed by atoms with Gasteiger partial charge >= 0.3 is 0 Å². The third-order valence-electron chi connectivity index (χ3n) is 4.80. The molecule has 150 valence electrons. The summed E-state index contributed by atoms with van der Waals surface area (Å²) in [6.45, 7) is 2.94. The molecule has 0 aliphatic carbocycles. The lowest BCUT2D eigenvalue weighted by Gasteiger charge is -2.16. The smallest absolute Gasteiger partial charge is 0.255 e. The van der Waals surface area contributed by atoms with Gasteiger partial charge in [-0.25, -0.2) is 8.42 Å². The largest absolute Gasteiger partial charge is 0.493 e. The zero-order chi connectivity index (χ0) is 20.3. The van der Waals surface area contributed by atoms with E-state index < -0.39 is 10.0 Å². The van der Waals surface area contributed by atoms with E-state index in [1.165, 1.54) is 35.7 Å². The molecule has 0 unspecified atom stereocenters. The predicted octanol–water partition coefficient (Wildman–Crippen LogP) is 3.05. The fourth-order valence-corrected chi connectivity index (χ4v) is 4.68. The molecule has 0 spiro atoms. The minimum atomic E-state index is -3.49. The van der Waals surface area contributed by atoms with Crippen LogP contribution in [0.3, 0.4) is 0 Å². The van der Waals surface area contributed by atoms with Crippen molar-refractivity contribution in [2.24, 2.45) is 0 Å². The van der Waals surface area contributed by atoms with E-state index >= 15 is 0 Å². The fourth-order valence-electron chi connectivity index (χ4n) is 3.17. The van der Waals surface area contributed by atoms with Crippen molar-refractivity contribution in [3.63, 3.8) is 0 Å². The number of carbonyl (C=O) groups excluding carboxylic acids is 1. The number of methoxy groups -OCH3 is 2. The molecular weight excluding hydrogens is 380 g/mol. The van der Waals surface area contributed by atoms with Crippen LogP contribution in [0.5, 0.6) is 11.5 Å². The number of anilines is 1. The molecule has 0 aromatic heterocycles. The highest BCUT2D eigenvalue weighted by Gasteiger charge is 2.27. The number of hydrogen-bond acceptors (Lipinski definition) is 5. The van der Waals surface area contributed by atoms with Crippen LogP contribution >= 0.6 is 0 Å². The summed E-state index contributed by atoms with van der Waals surface area (Å²) in [6, 6.07) is 9.47. The Morgan fingerprint density at radius 1 is 1.00 bits per heavy atom. The Balaban J connectivity index is 1.79. The van der Waals surface area contributed by atoms with Gasteiger partial charge in [0.1, 0.15) is 0 Å². The fraction of sp³-hybridized carbons (Fsp3) is 0.350. The van der Waals surface area contributed by atoms with Crippen LogP contribution in [0.4, 0.5) is 5.69 Å². The number of nitrogens with zero attached hydrogens (tertiary/aromatic N) is 1. The number of carbonyl (C=O) groups is 1. The van der Waals surface area contributed by atoms with Gasteiger partial charge in [0.25, 0.3) is 5.91 Å². The summed E-state index contributed by atoms with van der Waals surface area (Å²) >= 11 is 0. The van der Waals surface area contributed by atoms with E-state index in [0.29, 0.717) is 35.8 Å². The molecule has 1 heterocycles. The first-order chi connectivity index (χ1) is 13.4. The van der Waals surface area contributed by atoms with Gasteiger partial charge in [0.15, 0.2) is 11.5 Å². The number of hydrogen-bond donors (Lipinski definition) is 1. The van der Waals surface area contributed by atoms with Crippen LogP contribution in [0.2, 0.25) is 0 Å². The first-order valence-electron chi connectivity index (χ1n) is 9.01. The molecule has 1 N–H and O–H groups in total. The van der Waals surface area contributed by atoms with Crippen molar-refractivity contribution in [3.8, 4) is 11.5 Å². The Hall–Kier alpha value is -2.58. The highest BCUT2D eigenvalue weighted by molar-refractivity contribution is 7.89. The van der Waals surface area contributed by atoms with Crippen LogP contribution in [0.1, 0.15) is 28.8 Å². The molecule has 1 aliphatic heterocycles. The van der Waals surface area contributed by atoms with Crippen molar-refractivity contribution in [1.29, 1.82) is 0 Å². The number of benzene rings is 2. The summed E-state index contributed by atoms with van der Waals surface area (Å²) in [5, 5.41) is 2.83. The van der Waals surface area contributed by atoms with Gasteiger partial charge in [-0.05, 0) is 55.7 Å². The van der Waals surface area contributed by atoms with E-state index in [-0.39, 0.29) is 10.8 Å². The van der Waals surface area contributed by atoms with Crippen molar-refractivity contribution in [3.05, 3.63) is 47.5 Å². The third kappa shape index (κ3) is 3.98. The Morgan fingerprint density at radius 2 is 1.57 bits per heavy atom. The second-order valence-electron chi connectivity index (χ2n) is 6.61. The number of amides is 1. The van der Waals surface area contributed by atoms with Crippen molar-refractivity contribution < 1.29 is 22.7 Å². The van der Waals surface area contributed by atoms with Gasteiger partial charge in [-0.3, -0.25) is 4.79 Å². The van der Waals surface area contributed by atoms with E-state index in [4.69, 9.17) is 9.47 Å². The van der Waals surface area contributed by atoms with Gasteiger partial charge in [-0.1, -0.05) is 0 Å². The SMILES string of the molecule is COc1cc(C)c(NC(=O)c2ccc(S(=O)(=O)N3CCCC3)cc2)cc1OC. The van der Waals surface area contributed by atoms with E-state index in [9.17, 15) is 13.2 Å². The molecule has 3 rings (SSSR count). The minimum absolute atomic E-state index is 0.202. The molecule has 0 saturated carbocycles. The number of sulfonamides is 1. The molecule has 1 aliphatic rings. The standard InChI is InChI=1S/C20H24N2O5S/c1-14-12-18(26-2)19(27-3)13-17(14)21-20(23)15-6-8-16(9-7-15)28(24,25)22-10-4-5-11-22/h6-9,12-13H,4-5,10-11H2,1-3H3,(H,21,23). The maximum absolute atomic E-state index is 12.6. The van der Waals surface area contributed by atoms with Crippen LogP contribution < -0.4 is 14.8 Å². The molecule has 1 saturated heterocycles. The quantitative estimate of drug-likeness (QED) is 0.800. The molecule has 8 heteroatoms. The van der Waals surface area contributed by atoms with Crippen molar-refractivity contribution in [1.82, 2.24) is 4.31 Å². The van der Waals surface area contributed by atoms with Crippen molar-refractivity contribution in [2.75, 3.05) is 32.6 Å². The highest BCUT2D eigenvalue weighted by Crippen LogP contribution is 2.33. The first kappa shape index (κ1) is 20.2. The van der Waals surface area contributed by atoms with Crippen molar-refractivity contribution in [2.45, 2.75) is 24.7 Å². The summed E-state index contributed by atoms with van der Waals surface area (Å²) in [4.78, 5) is 12.8. The van der Waals surface area contributed by atoms with Crippen LogP contribution in [-0.2, 0) is 10.0 Å². The normalized spacial score (nSPS) is 14.7. The Morgan fingerprint density at radius 3 is 2.14 bits per heavy atom. The minimum Gasteiger partial charge on any atom is -0.493 e. The number of rotatable bonds is 6. The number of ether oxygens (including phenoxy) is 2. The summed E-state index contributed by atoms with van der Waals surface area (Å²) in [5.41, 5.74) is 1.78. The third-order valence-corrected chi connectivity index (χ3v) is 6.71. The second-order valence-corrected chi connectivity index (χ2v) is 8.55. The van der Waals surface area contributed by atoms with Gasteiger partial charge < -0.3 is 14.8 Å². The molecule has 0 radical (unpaired) electrons. The van der Waals surface area contributed by atoms with Gasteiger partial charge in [0, 0.05) is 30.4 Å². The maximum Gasteiger partial charge on any atom is 0.255 e. The van der Waals surface area contributed by atoms with Crippen molar-refractivity contribution >= 4 is 21.6 Å². The monoisotopic (exact) mass is 404 g/mol. The van der Waals surface area contributed by atoms with Gasteiger partial charge in [-0.15, -0.1) is 0 Å². The zero-order valence-corrected chi connectivity index (χ0v) is 17.0. The number of aryl methyl sites for hydroxylation is 1. The van der Waals surface area contributed by atoms with Crippen LogP contribution in [0, 0.1) is 6.92 Å². The summed E-state index contributed by atoms with van der Waals surface area (Å²) in [5.74, 6) is 0.755. The summed E-state index contributed by atoms with van der Waals surface area (Å²) < 4.78 is 37.2. The maximum atomic E-state index is 12.6. The molecular formula is C20H24N2O5S. The first-order valence-corrected chi connectivity index (χ1v) is 10.4. The second kappa shape index (κ2) is 8.20. The van der Waals surface area contributed by atoms with E-state index in [1.54, 1.807) is 19.2 Å². The molecule has 28 heavy (non-hydrogen) atoms. The predicted molar refractivity (Wildman–Crippen MR) is 107 cm³/mol. The van der Waals surface area contributed by atoms with Gasteiger partial charge in [-0.2, -0.15) is 4.31 Å². The van der Waals surface area contributed by atoms with E-state index in [2.05, 4.69) is 5.32 Å². The lowest BCUT2D eigenvalue weighted by atomic mass is 10.1. The highest BCUT2D eigenvalue weighted by atomic mass is 32.2. The number of nitrogens with one attached hydrogen (secondary N) is 1. The summed E-state index contributed by atoms with van der Waals surface area (Å²) in [7, 11) is -0.417. The molecule has 1 amide bonds. The molecule has 2 aromatic rings. The molecule has 7 nitrogen and oxygen atoms in total. The van der Waals surface area contributed by atoms with Crippen LogP contribution in [0.25, 0.3) is 0 Å². The topological polar surface area (TPSA) is 84.9 Å². The van der Waals surface area contributed by atoms with E-state index in [1.807, 2.05) is 6.92 Å². The summed E-state index contributed by atoms with van der Waals surface area (Å²) in [6.07, 6.45) is 1.76. The lowest BCUT2D eigenvalue weighted by molar-refractivity contribution is 0.102. The molecule has 0 atom stereocenters. The average molecular weight is 404 g/mol. The van der Waals surface area contributed by atoms with Crippen LogP contribution in [0.15, 0.2) is 41.3 Å². The Kier molecular flexibility index (Phi) is 5.90. The average Bonchev–Trinajstić information content (AvgIpc) is 3.25. The van der Waals surface area contributed by atoms with Gasteiger partial charge in [0.2, 0.25) is 10.0 Å². The van der Waals surface area contributed by atoms with Gasteiger partial charge in [0.05, 0.1) is 19.1 Å². The van der Waals surface area contributed by atoms with E-state index in [0.717, 1.165) is 18.4 Å². The van der Waals surface area contributed by atoms with Crippen LogP contribution in [-0.4, -0.2) is 45.9 Å². The zero-order valence-electron chi connectivity index (χ0n) is 16.2. The lowest BCUT2D eigenvalue weighted by Crippen LogP contribution is -2.27. The molecule has 2 aromatic carbocycles. The Labute approximate surface area is 165 Å². The molecule has 1 fully saturated rings.